The van der Waals surface area contributed by atoms with Gasteiger partial charge in [-0.2, -0.15) is 4.98 Å². The first-order chi connectivity index (χ1) is 7.83. The predicted molar refractivity (Wildman–Crippen MR) is 57.0 cm³/mol. The minimum Gasteiger partial charge on any atom is -0.440 e. The topological polar surface area (TPSA) is 64.1 Å². The van der Waals surface area contributed by atoms with E-state index in [2.05, 4.69) is 15.5 Å². The van der Waals surface area contributed by atoms with Crippen molar-refractivity contribution in [2.75, 3.05) is 6.54 Å². The molecule has 0 radical (unpaired) electrons. The summed E-state index contributed by atoms with van der Waals surface area (Å²) < 4.78 is 10.3. The van der Waals surface area contributed by atoms with Crippen LogP contribution in [0, 0.1) is 0 Å². The second-order valence-corrected chi connectivity index (χ2v) is 4.08. The summed E-state index contributed by atoms with van der Waals surface area (Å²) in [7, 11) is 0. The monoisotopic (exact) mass is 239 g/mol. The Morgan fingerprint density at radius 2 is 2.38 bits per heavy atom. The summed E-state index contributed by atoms with van der Waals surface area (Å²) in [6, 6.07) is 3.55. The van der Waals surface area contributed by atoms with E-state index in [0.717, 1.165) is 19.4 Å². The molecule has 6 heteroatoms. The van der Waals surface area contributed by atoms with Gasteiger partial charge in [0.1, 0.15) is 0 Å². The number of furan rings is 1. The van der Waals surface area contributed by atoms with Gasteiger partial charge in [0.15, 0.2) is 16.8 Å². The van der Waals surface area contributed by atoms with Crippen LogP contribution in [-0.2, 0) is 0 Å². The largest absolute Gasteiger partial charge is 0.440 e. The smallest absolute Gasteiger partial charge is 0.293 e. The Kier molecular flexibility index (Phi) is 2.41. The van der Waals surface area contributed by atoms with Gasteiger partial charge in [-0.05, 0) is 43.1 Å². The Morgan fingerprint density at radius 1 is 1.44 bits per heavy atom. The van der Waals surface area contributed by atoms with Gasteiger partial charge in [0.2, 0.25) is 0 Å². The van der Waals surface area contributed by atoms with E-state index in [1.54, 1.807) is 12.1 Å². The quantitative estimate of drug-likeness (QED) is 0.872. The maximum absolute atomic E-state index is 5.68. The molecule has 0 bridgehead atoms. The van der Waals surface area contributed by atoms with Crippen LogP contribution in [0.25, 0.3) is 11.7 Å². The molecule has 0 saturated carbocycles. The second-order valence-electron chi connectivity index (χ2n) is 3.71. The third-order valence-corrected chi connectivity index (χ3v) is 2.80. The van der Waals surface area contributed by atoms with E-state index in [1.165, 1.54) is 0 Å². The Bertz CT molecular complexity index is 488. The Balaban J connectivity index is 1.87. The number of hydrogen-bond donors (Lipinski definition) is 1. The predicted octanol–water partition coefficient (Wildman–Crippen LogP) is 2.41. The SMILES string of the molecule is Clc1ccc(-c2nc(C3CCCN3)no2)o1. The number of halogens is 1. The van der Waals surface area contributed by atoms with Crippen LogP contribution in [0.5, 0.6) is 0 Å². The number of aromatic nitrogens is 2. The van der Waals surface area contributed by atoms with E-state index in [-0.39, 0.29) is 6.04 Å². The van der Waals surface area contributed by atoms with Crippen molar-refractivity contribution in [3.63, 3.8) is 0 Å². The van der Waals surface area contributed by atoms with Crippen molar-refractivity contribution < 1.29 is 8.94 Å². The number of rotatable bonds is 2. The van der Waals surface area contributed by atoms with Gasteiger partial charge < -0.3 is 14.3 Å². The molecule has 0 spiro atoms. The van der Waals surface area contributed by atoms with Crippen LogP contribution in [0.15, 0.2) is 21.1 Å². The average Bonchev–Trinajstić information content (AvgIpc) is 2.97. The summed E-state index contributed by atoms with van der Waals surface area (Å²) in [4.78, 5) is 4.28. The van der Waals surface area contributed by atoms with Crippen molar-refractivity contribution in [1.82, 2.24) is 15.5 Å². The summed E-state index contributed by atoms with van der Waals surface area (Å²) in [6.45, 7) is 1.00. The van der Waals surface area contributed by atoms with Gasteiger partial charge in [0.25, 0.3) is 5.89 Å². The van der Waals surface area contributed by atoms with Crippen LogP contribution >= 0.6 is 11.6 Å². The molecule has 0 aromatic carbocycles. The molecule has 3 heterocycles. The molecule has 1 N–H and O–H groups in total. The Labute approximate surface area is 96.8 Å². The summed E-state index contributed by atoms with van der Waals surface area (Å²) in [5, 5.41) is 7.55. The van der Waals surface area contributed by atoms with E-state index in [9.17, 15) is 0 Å². The van der Waals surface area contributed by atoms with Crippen molar-refractivity contribution in [3.8, 4) is 11.7 Å². The van der Waals surface area contributed by atoms with Gasteiger partial charge in [0.05, 0.1) is 6.04 Å². The first-order valence-electron chi connectivity index (χ1n) is 5.15. The molecule has 5 nitrogen and oxygen atoms in total. The molecule has 1 fully saturated rings. The molecule has 1 saturated heterocycles. The third kappa shape index (κ3) is 1.72. The van der Waals surface area contributed by atoms with Gasteiger partial charge in [-0.25, -0.2) is 0 Å². The normalized spacial score (nSPS) is 20.4. The molecule has 3 rings (SSSR count). The first kappa shape index (κ1) is 9.86. The molecular weight excluding hydrogens is 230 g/mol. The highest BCUT2D eigenvalue weighted by Gasteiger charge is 2.22. The van der Waals surface area contributed by atoms with Crippen LogP contribution in [0.1, 0.15) is 24.7 Å². The van der Waals surface area contributed by atoms with Crippen LogP contribution in [0.4, 0.5) is 0 Å². The van der Waals surface area contributed by atoms with Crippen molar-refractivity contribution in [2.45, 2.75) is 18.9 Å². The lowest BCUT2D eigenvalue weighted by Crippen LogP contribution is -2.14. The zero-order chi connectivity index (χ0) is 11.0. The van der Waals surface area contributed by atoms with Gasteiger partial charge in [-0.1, -0.05) is 5.16 Å². The molecule has 1 aliphatic rings. The summed E-state index contributed by atoms with van der Waals surface area (Å²) in [5.74, 6) is 1.55. The number of nitrogens with one attached hydrogen (secondary N) is 1. The molecule has 84 valence electrons. The molecular formula is C10H10ClN3O2. The van der Waals surface area contributed by atoms with Crippen molar-refractivity contribution in [2.24, 2.45) is 0 Å². The molecule has 16 heavy (non-hydrogen) atoms. The second kappa shape index (κ2) is 3.92. The minimum absolute atomic E-state index is 0.197. The number of nitrogens with zero attached hydrogens (tertiary/aromatic N) is 2. The fourth-order valence-electron chi connectivity index (χ4n) is 1.81. The van der Waals surface area contributed by atoms with E-state index >= 15 is 0 Å². The highest BCUT2D eigenvalue weighted by molar-refractivity contribution is 6.28. The highest BCUT2D eigenvalue weighted by atomic mass is 35.5. The number of hydrogen-bond acceptors (Lipinski definition) is 5. The minimum atomic E-state index is 0.197. The zero-order valence-electron chi connectivity index (χ0n) is 8.44. The molecule has 1 atom stereocenters. The van der Waals surface area contributed by atoms with E-state index < -0.39 is 0 Å². The molecule has 0 aliphatic carbocycles. The van der Waals surface area contributed by atoms with Crippen LogP contribution in [0.3, 0.4) is 0 Å². The fraction of sp³-hybridized carbons (Fsp3) is 0.400. The average molecular weight is 240 g/mol. The Morgan fingerprint density at radius 3 is 3.06 bits per heavy atom. The van der Waals surface area contributed by atoms with Crippen molar-refractivity contribution >= 4 is 11.6 Å². The van der Waals surface area contributed by atoms with Crippen molar-refractivity contribution in [3.05, 3.63) is 23.2 Å². The van der Waals surface area contributed by atoms with Gasteiger partial charge >= 0.3 is 0 Å². The highest BCUT2D eigenvalue weighted by Crippen LogP contribution is 2.26. The lowest BCUT2D eigenvalue weighted by atomic mass is 10.2. The lowest BCUT2D eigenvalue weighted by Gasteiger charge is -2.01. The standard InChI is InChI=1S/C10H10ClN3O2/c11-8-4-3-7(15-8)10-13-9(14-16-10)6-2-1-5-12-6/h3-4,6,12H,1-2,5H2. The molecule has 2 aromatic heterocycles. The van der Waals surface area contributed by atoms with Gasteiger partial charge in [-0.3, -0.25) is 0 Å². The molecule has 1 aliphatic heterocycles. The van der Waals surface area contributed by atoms with Gasteiger partial charge in [0, 0.05) is 0 Å². The van der Waals surface area contributed by atoms with E-state index in [4.69, 9.17) is 20.5 Å². The summed E-state index contributed by atoms with van der Waals surface area (Å²) >= 11 is 5.68. The van der Waals surface area contributed by atoms with Gasteiger partial charge in [-0.15, -0.1) is 0 Å². The van der Waals surface area contributed by atoms with Crippen LogP contribution in [-0.4, -0.2) is 16.7 Å². The maximum atomic E-state index is 5.68. The fourth-order valence-corrected chi connectivity index (χ4v) is 1.96. The molecule has 0 amide bonds. The van der Waals surface area contributed by atoms with E-state index in [1.807, 2.05) is 0 Å². The third-order valence-electron chi connectivity index (χ3n) is 2.60. The maximum Gasteiger partial charge on any atom is 0.293 e. The molecule has 2 aromatic rings. The molecule has 1 unspecified atom stereocenters. The summed E-state index contributed by atoms with van der Waals surface area (Å²) in [6.07, 6.45) is 2.18. The lowest BCUT2D eigenvalue weighted by molar-refractivity contribution is 0.401. The van der Waals surface area contributed by atoms with Crippen LogP contribution in [0.2, 0.25) is 5.22 Å². The van der Waals surface area contributed by atoms with E-state index in [0.29, 0.717) is 22.7 Å². The van der Waals surface area contributed by atoms with Crippen molar-refractivity contribution in [1.29, 1.82) is 0 Å². The first-order valence-corrected chi connectivity index (χ1v) is 5.53. The zero-order valence-corrected chi connectivity index (χ0v) is 9.20. The van der Waals surface area contributed by atoms with Crippen LogP contribution < -0.4 is 5.32 Å². The Hall–Kier alpha value is -1.33. The summed E-state index contributed by atoms with van der Waals surface area (Å²) in [5.41, 5.74) is 0.